The first-order chi connectivity index (χ1) is 47.6. The normalized spacial score (nSPS) is 14.1. The lowest BCUT2D eigenvalue weighted by Gasteiger charge is -2.21. The number of carbonyl (C=O) groups is 4. The van der Waals surface area contributed by atoms with Crippen LogP contribution in [0.25, 0.3) is 0 Å². The van der Waals surface area contributed by atoms with E-state index in [0.29, 0.717) is 25.7 Å². The lowest BCUT2D eigenvalue weighted by atomic mass is 10.0. The molecule has 17 nitrogen and oxygen atoms in total. The van der Waals surface area contributed by atoms with Crippen molar-refractivity contribution < 1.29 is 80.2 Å². The van der Waals surface area contributed by atoms with Crippen LogP contribution in [0.4, 0.5) is 0 Å². The molecule has 0 aliphatic rings. The van der Waals surface area contributed by atoms with Gasteiger partial charge in [0.2, 0.25) is 0 Å². The van der Waals surface area contributed by atoms with Gasteiger partial charge in [-0.25, -0.2) is 9.13 Å². The summed E-state index contributed by atoms with van der Waals surface area (Å²) in [5.74, 6) is 0.979. The summed E-state index contributed by atoms with van der Waals surface area (Å²) in [7, 11) is -9.92. The van der Waals surface area contributed by atoms with Crippen molar-refractivity contribution in [1.82, 2.24) is 0 Å². The Bertz CT molecular complexity index is 1940. The minimum Gasteiger partial charge on any atom is -0.462 e. The van der Waals surface area contributed by atoms with Crippen molar-refractivity contribution >= 4 is 39.5 Å². The lowest BCUT2D eigenvalue weighted by molar-refractivity contribution is -0.161. The summed E-state index contributed by atoms with van der Waals surface area (Å²) < 4.78 is 68.7. The van der Waals surface area contributed by atoms with Gasteiger partial charge in [0.05, 0.1) is 26.4 Å². The Kier molecular flexibility index (Phi) is 67.8. The summed E-state index contributed by atoms with van der Waals surface area (Å²) >= 11 is 0. The van der Waals surface area contributed by atoms with Crippen LogP contribution >= 0.6 is 15.6 Å². The SMILES string of the molecule is CC(C)CCCCCCCCCCCCCCCCCC(=O)O[C@H](COC(=O)CCCCCCCCCCCCCCC(C)C)COP(=O)(O)OC[C@@H](O)COP(=O)(O)OC[C@@H](COC(=O)CCCCCCCCCCCC(C)C)OC(=O)CCCCCCCCCCCCCC(C)C. The van der Waals surface area contributed by atoms with Crippen LogP contribution < -0.4 is 0 Å². The Labute approximate surface area is 607 Å². The third kappa shape index (κ3) is 74.1. The number of hydrogen-bond donors (Lipinski definition) is 3. The van der Waals surface area contributed by atoms with Gasteiger partial charge in [-0.2, -0.15) is 0 Å². The molecule has 0 aromatic rings. The Hall–Kier alpha value is -1.94. The van der Waals surface area contributed by atoms with Crippen molar-refractivity contribution in [2.75, 3.05) is 39.6 Å². The molecule has 0 bridgehead atoms. The third-order valence-corrected chi connectivity index (χ3v) is 20.5. The molecule has 0 saturated carbocycles. The van der Waals surface area contributed by atoms with Gasteiger partial charge in [-0.05, 0) is 49.4 Å². The second-order valence-corrected chi connectivity index (χ2v) is 33.6. The largest absolute Gasteiger partial charge is 0.472 e. The van der Waals surface area contributed by atoms with Gasteiger partial charge in [-0.3, -0.25) is 37.3 Å². The Morgan fingerprint density at radius 1 is 0.253 bits per heavy atom. The van der Waals surface area contributed by atoms with E-state index < -0.39 is 97.5 Å². The number of phosphoric ester groups is 2. The maximum absolute atomic E-state index is 13.1. The summed E-state index contributed by atoms with van der Waals surface area (Å²) in [5.41, 5.74) is 0. The predicted octanol–water partition coefficient (Wildman–Crippen LogP) is 23.6. The Morgan fingerprint density at radius 2 is 0.424 bits per heavy atom. The number of aliphatic hydroxyl groups is 1. The first kappa shape index (κ1) is 97.1. The fourth-order valence-corrected chi connectivity index (χ4v) is 13.8. The van der Waals surface area contributed by atoms with Crippen molar-refractivity contribution in [2.24, 2.45) is 23.7 Å². The van der Waals surface area contributed by atoms with E-state index in [4.69, 9.17) is 37.0 Å². The zero-order chi connectivity index (χ0) is 73.1. The number of unbranched alkanes of at least 4 members (excludes halogenated alkanes) is 43. The van der Waals surface area contributed by atoms with E-state index in [1.807, 2.05) is 0 Å². The average molecular weight is 1450 g/mol. The van der Waals surface area contributed by atoms with Gasteiger partial charge in [0.1, 0.15) is 19.3 Å². The van der Waals surface area contributed by atoms with Gasteiger partial charge in [0.25, 0.3) is 0 Å². The molecule has 99 heavy (non-hydrogen) atoms. The van der Waals surface area contributed by atoms with Crippen LogP contribution in [0.15, 0.2) is 0 Å². The molecule has 0 aliphatic heterocycles. The highest BCUT2D eigenvalue weighted by Crippen LogP contribution is 2.45. The van der Waals surface area contributed by atoms with Gasteiger partial charge >= 0.3 is 39.5 Å². The fourth-order valence-electron chi connectivity index (χ4n) is 12.3. The van der Waals surface area contributed by atoms with Gasteiger partial charge in [-0.15, -0.1) is 0 Å². The maximum atomic E-state index is 13.1. The Morgan fingerprint density at radius 3 is 0.626 bits per heavy atom. The molecule has 0 fully saturated rings. The van der Waals surface area contributed by atoms with Crippen LogP contribution in [-0.2, 0) is 65.4 Å². The number of phosphoric acid groups is 2. The average Bonchev–Trinajstić information content (AvgIpc) is 0.951. The van der Waals surface area contributed by atoms with Crippen molar-refractivity contribution in [3.63, 3.8) is 0 Å². The molecule has 0 amide bonds. The van der Waals surface area contributed by atoms with E-state index in [2.05, 4.69) is 55.4 Å². The highest BCUT2D eigenvalue weighted by Gasteiger charge is 2.30. The van der Waals surface area contributed by atoms with E-state index >= 15 is 0 Å². The first-order valence-electron chi connectivity index (χ1n) is 41.2. The molecular weight excluding hydrogens is 1290 g/mol. The minimum atomic E-state index is -4.96. The van der Waals surface area contributed by atoms with E-state index in [9.17, 15) is 43.2 Å². The van der Waals surface area contributed by atoms with Crippen LogP contribution in [0, 0.1) is 23.7 Å². The summed E-state index contributed by atoms with van der Waals surface area (Å²) in [4.78, 5) is 73.0. The summed E-state index contributed by atoms with van der Waals surface area (Å²) in [6.07, 6.45) is 55.4. The van der Waals surface area contributed by atoms with Gasteiger partial charge in [0, 0.05) is 25.7 Å². The van der Waals surface area contributed by atoms with Crippen molar-refractivity contribution in [1.29, 1.82) is 0 Å². The summed E-state index contributed by atoms with van der Waals surface area (Å²) in [5, 5.41) is 10.6. The number of hydrogen-bond acceptors (Lipinski definition) is 15. The molecule has 0 aromatic heterocycles. The van der Waals surface area contributed by atoms with Crippen molar-refractivity contribution in [3.05, 3.63) is 0 Å². The highest BCUT2D eigenvalue weighted by molar-refractivity contribution is 7.47. The fraction of sp³-hybridized carbons (Fsp3) is 0.950. The van der Waals surface area contributed by atoms with Gasteiger partial charge in [-0.1, -0.05) is 357 Å². The molecule has 0 aromatic carbocycles. The van der Waals surface area contributed by atoms with Crippen LogP contribution in [-0.4, -0.2) is 96.7 Å². The van der Waals surface area contributed by atoms with Crippen LogP contribution in [0.5, 0.6) is 0 Å². The first-order valence-corrected chi connectivity index (χ1v) is 44.2. The zero-order valence-corrected chi connectivity index (χ0v) is 66.9. The van der Waals surface area contributed by atoms with E-state index in [-0.39, 0.29) is 25.7 Å². The smallest absolute Gasteiger partial charge is 0.462 e. The second-order valence-electron chi connectivity index (χ2n) is 30.7. The number of esters is 4. The van der Waals surface area contributed by atoms with E-state index in [1.165, 1.54) is 212 Å². The molecule has 0 rings (SSSR count). The quantitative estimate of drug-likeness (QED) is 0.0222. The molecule has 5 atom stereocenters. The van der Waals surface area contributed by atoms with Crippen molar-refractivity contribution in [2.45, 2.75) is 427 Å². The van der Waals surface area contributed by atoms with E-state index in [1.54, 1.807) is 0 Å². The molecule has 0 aliphatic carbocycles. The monoisotopic (exact) mass is 1450 g/mol. The zero-order valence-electron chi connectivity index (χ0n) is 65.1. The van der Waals surface area contributed by atoms with Crippen molar-refractivity contribution in [3.8, 4) is 0 Å². The van der Waals surface area contributed by atoms with Gasteiger partial charge < -0.3 is 33.8 Å². The number of carbonyl (C=O) groups excluding carboxylic acids is 4. The summed E-state index contributed by atoms with van der Waals surface area (Å²) in [6, 6.07) is 0. The van der Waals surface area contributed by atoms with Crippen LogP contribution in [0.1, 0.15) is 409 Å². The molecule has 588 valence electrons. The number of rotatable bonds is 77. The number of aliphatic hydroxyl groups excluding tert-OH is 1. The van der Waals surface area contributed by atoms with Gasteiger partial charge in [0.15, 0.2) is 12.2 Å². The molecule has 0 saturated heterocycles. The van der Waals surface area contributed by atoms with E-state index in [0.717, 1.165) is 114 Å². The Balaban J connectivity index is 5.27. The molecule has 3 N–H and O–H groups in total. The van der Waals surface area contributed by atoms with Crippen LogP contribution in [0.3, 0.4) is 0 Å². The second kappa shape index (κ2) is 69.1. The standard InChI is InChI=1S/C80H156O17P2/c1-70(2)56-48-40-32-24-17-12-10-9-11-13-21-29-38-46-54-62-79(84)96-75(66-90-77(82)60-52-44-36-28-20-15-14-18-25-33-41-49-57-71(3)4)68-94-98(86,87)92-64-74(81)65-93-99(88,89)95-69-76(67-91-78(83)61-53-45-37-31-23-27-35-43-51-59-73(7)8)97-80(85)63-55-47-39-30-22-16-19-26-34-42-50-58-72(5)6/h70-76,81H,9-69H2,1-8H3,(H,86,87)(H,88,89)/t74-,75-,76-/m1/s1. The predicted molar refractivity (Wildman–Crippen MR) is 404 cm³/mol. The topological polar surface area (TPSA) is 237 Å². The number of ether oxygens (including phenoxy) is 4. The molecule has 0 radical (unpaired) electrons. The van der Waals surface area contributed by atoms with Crippen LogP contribution in [0.2, 0.25) is 0 Å². The lowest BCUT2D eigenvalue weighted by Crippen LogP contribution is -2.30. The minimum absolute atomic E-state index is 0.106. The highest BCUT2D eigenvalue weighted by atomic mass is 31.2. The summed E-state index contributed by atoms with van der Waals surface area (Å²) in [6.45, 7) is 14.3. The molecule has 0 heterocycles. The molecule has 0 spiro atoms. The molecular formula is C80H156O17P2. The maximum Gasteiger partial charge on any atom is 0.472 e. The molecule has 19 heteroatoms. The molecule has 2 unspecified atom stereocenters. The third-order valence-electron chi connectivity index (χ3n) is 18.6.